The van der Waals surface area contributed by atoms with E-state index in [1.54, 1.807) is 0 Å². The average molecular weight is 329 g/mol. The van der Waals surface area contributed by atoms with E-state index < -0.39 is 0 Å². The Bertz CT molecular complexity index is 536. The fourth-order valence-corrected chi connectivity index (χ4v) is 3.18. The van der Waals surface area contributed by atoms with Gasteiger partial charge in [0.2, 0.25) is 0 Å². The van der Waals surface area contributed by atoms with Crippen molar-refractivity contribution < 1.29 is 0 Å². The lowest BCUT2D eigenvalue weighted by atomic mass is 9.77. The highest BCUT2D eigenvalue weighted by Gasteiger charge is 2.31. The van der Waals surface area contributed by atoms with Crippen molar-refractivity contribution in [3.8, 4) is 0 Å². The van der Waals surface area contributed by atoms with Crippen LogP contribution in [0.25, 0.3) is 0 Å². The second-order valence-corrected chi connectivity index (χ2v) is 5.75. The monoisotopic (exact) mass is 327 g/mol. The molecule has 106 valence electrons. The van der Waals surface area contributed by atoms with E-state index in [0.717, 1.165) is 23.1 Å². The van der Waals surface area contributed by atoms with E-state index in [0.29, 0.717) is 5.92 Å². The van der Waals surface area contributed by atoms with Crippen LogP contribution in [0.5, 0.6) is 0 Å². The van der Waals surface area contributed by atoms with Crippen LogP contribution in [0.4, 0.5) is 0 Å². The van der Waals surface area contributed by atoms with Crippen molar-refractivity contribution in [3.05, 3.63) is 69.7 Å². The molecule has 20 heavy (non-hydrogen) atoms. The minimum Gasteiger partial charge on any atom is -0.316 e. The molecule has 2 aromatic rings. The number of hydrogen-bond acceptors (Lipinski definition) is 1. The molecule has 1 saturated heterocycles. The zero-order chi connectivity index (χ0) is 13.2. The molecular weight excluding hydrogens is 313 g/mol. The summed E-state index contributed by atoms with van der Waals surface area (Å²) in [6.45, 7) is 2.03. The van der Waals surface area contributed by atoms with Gasteiger partial charge in [-0.25, -0.2) is 0 Å². The van der Waals surface area contributed by atoms with Crippen LogP contribution in [0.2, 0.25) is 10.0 Å². The topological polar surface area (TPSA) is 12.0 Å². The Morgan fingerprint density at radius 1 is 0.850 bits per heavy atom. The molecule has 2 aromatic carbocycles. The molecule has 0 saturated carbocycles. The van der Waals surface area contributed by atoms with Crippen molar-refractivity contribution >= 4 is 35.6 Å². The zero-order valence-corrected chi connectivity index (χ0v) is 13.2. The molecule has 1 fully saturated rings. The van der Waals surface area contributed by atoms with Crippen molar-refractivity contribution in [2.45, 2.75) is 5.92 Å². The standard InChI is InChI=1S/C16H15Cl2N.ClH/c17-14-7-3-1-5-12(14)16(11-9-19-10-11)13-6-2-4-8-15(13)18;/h1-8,11,16,19H,9-10H2;1H. The molecule has 0 atom stereocenters. The fraction of sp³-hybridized carbons (Fsp3) is 0.250. The number of hydrogen-bond donors (Lipinski definition) is 1. The zero-order valence-electron chi connectivity index (χ0n) is 10.9. The third kappa shape index (κ3) is 2.96. The Hall–Kier alpha value is -0.730. The first-order valence-corrected chi connectivity index (χ1v) is 7.22. The number of rotatable bonds is 3. The highest BCUT2D eigenvalue weighted by atomic mass is 35.5. The molecule has 1 nitrogen and oxygen atoms in total. The van der Waals surface area contributed by atoms with E-state index in [2.05, 4.69) is 17.4 Å². The summed E-state index contributed by atoms with van der Waals surface area (Å²) in [5, 5.41) is 4.97. The second kappa shape index (κ2) is 6.82. The van der Waals surface area contributed by atoms with E-state index in [-0.39, 0.29) is 18.3 Å². The largest absolute Gasteiger partial charge is 0.316 e. The summed E-state index contributed by atoms with van der Waals surface area (Å²) >= 11 is 12.8. The minimum absolute atomic E-state index is 0. The summed E-state index contributed by atoms with van der Waals surface area (Å²) in [4.78, 5) is 0. The van der Waals surface area contributed by atoms with Crippen LogP contribution in [-0.2, 0) is 0 Å². The van der Waals surface area contributed by atoms with Crippen LogP contribution >= 0.6 is 35.6 Å². The molecule has 3 rings (SSSR count). The maximum atomic E-state index is 6.38. The summed E-state index contributed by atoms with van der Waals surface area (Å²) in [6.07, 6.45) is 0. The maximum Gasteiger partial charge on any atom is 0.0444 e. The average Bonchev–Trinajstić information content (AvgIpc) is 2.36. The summed E-state index contributed by atoms with van der Waals surface area (Å²) < 4.78 is 0. The SMILES string of the molecule is Cl.Clc1ccccc1C(c1ccccc1Cl)C1CNC1. The van der Waals surface area contributed by atoms with Gasteiger partial charge in [0.25, 0.3) is 0 Å². The van der Waals surface area contributed by atoms with E-state index in [1.165, 1.54) is 11.1 Å². The Labute approximate surface area is 135 Å². The summed E-state index contributed by atoms with van der Waals surface area (Å²) in [5.41, 5.74) is 2.34. The fourth-order valence-electron chi connectivity index (χ4n) is 2.68. The van der Waals surface area contributed by atoms with Gasteiger partial charge in [-0.2, -0.15) is 0 Å². The van der Waals surface area contributed by atoms with E-state index in [1.807, 2.05) is 36.4 Å². The quantitative estimate of drug-likeness (QED) is 0.856. The lowest BCUT2D eigenvalue weighted by Crippen LogP contribution is -2.45. The van der Waals surface area contributed by atoms with Crippen LogP contribution in [0.15, 0.2) is 48.5 Å². The first-order valence-electron chi connectivity index (χ1n) is 6.47. The Morgan fingerprint density at radius 2 is 1.30 bits per heavy atom. The van der Waals surface area contributed by atoms with Gasteiger partial charge in [0.15, 0.2) is 0 Å². The van der Waals surface area contributed by atoms with Crippen molar-refractivity contribution in [2.24, 2.45) is 5.92 Å². The van der Waals surface area contributed by atoms with E-state index in [4.69, 9.17) is 23.2 Å². The van der Waals surface area contributed by atoms with Gasteiger partial charge in [-0.1, -0.05) is 59.6 Å². The van der Waals surface area contributed by atoms with Gasteiger partial charge in [-0.15, -0.1) is 12.4 Å². The lowest BCUT2D eigenvalue weighted by Gasteiger charge is -2.36. The van der Waals surface area contributed by atoms with Gasteiger partial charge < -0.3 is 5.32 Å². The predicted octanol–water partition coefficient (Wildman–Crippen LogP) is 4.77. The van der Waals surface area contributed by atoms with Crippen LogP contribution < -0.4 is 5.32 Å². The number of halogens is 3. The Balaban J connectivity index is 0.00000147. The first kappa shape index (κ1) is 15.7. The molecule has 1 heterocycles. The molecular formula is C16H16Cl3N. The molecule has 0 amide bonds. The number of benzene rings is 2. The summed E-state index contributed by atoms with van der Waals surface area (Å²) in [5.74, 6) is 0.823. The van der Waals surface area contributed by atoms with Crippen LogP contribution in [0.1, 0.15) is 17.0 Å². The molecule has 0 unspecified atom stereocenters. The maximum absolute atomic E-state index is 6.38. The predicted molar refractivity (Wildman–Crippen MR) is 88.4 cm³/mol. The third-order valence-electron chi connectivity index (χ3n) is 3.77. The third-order valence-corrected chi connectivity index (χ3v) is 4.45. The van der Waals surface area contributed by atoms with Crippen molar-refractivity contribution in [1.82, 2.24) is 5.32 Å². The van der Waals surface area contributed by atoms with Crippen molar-refractivity contribution in [2.75, 3.05) is 13.1 Å². The molecule has 0 aliphatic carbocycles. The molecule has 0 aromatic heterocycles. The van der Waals surface area contributed by atoms with Gasteiger partial charge in [-0.05, 0) is 29.2 Å². The van der Waals surface area contributed by atoms with Crippen molar-refractivity contribution in [3.63, 3.8) is 0 Å². The molecule has 1 N–H and O–H groups in total. The van der Waals surface area contributed by atoms with Gasteiger partial charge in [0.1, 0.15) is 0 Å². The Kier molecular flexibility index (Phi) is 5.34. The highest BCUT2D eigenvalue weighted by Crippen LogP contribution is 2.40. The Morgan fingerprint density at radius 3 is 1.65 bits per heavy atom. The van der Waals surface area contributed by atoms with Gasteiger partial charge >= 0.3 is 0 Å². The lowest BCUT2D eigenvalue weighted by molar-refractivity contribution is 0.315. The van der Waals surface area contributed by atoms with Crippen LogP contribution in [0, 0.1) is 5.92 Å². The normalized spacial score (nSPS) is 14.8. The summed E-state index contributed by atoms with van der Waals surface area (Å²) in [6, 6.07) is 16.1. The minimum atomic E-state index is 0. The molecule has 1 aliphatic heterocycles. The highest BCUT2D eigenvalue weighted by molar-refractivity contribution is 6.32. The van der Waals surface area contributed by atoms with Gasteiger partial charge in [0, 0.05) is 29.1 Å². The molecule has 0 radical (unpaired) electrons. The first-order chi connectivity index (χ1) is 9.27. The smallest absolute Gasteiger partial charge is 0.0444 e. The molecule has 4 heteroatoms. The van der Waals surface area contributed by atoms with Crippen molar-refractivity contribution in [1.29, 1.82) is 0 Å². The van der Waals surface area contributed by atoms with Gasteiger partial charge in [-0.3, -0.25) is 0 Å². The molecule has 0 bridgehead atoms. The van der Waals surface area contributed by atoms with Crippen LogP contribution in [-0.4, -0.2) is 13.1 Å². The number of nitrogens with one attached hydrogen (secondary N) is 1. The summed E-state index contributed by atoms with van der Waals surface area (Å²) in [7, 11) is 0. The van der Waals surface area contributed by atoms with E-state index in [9.17, 15) is 0 Å². The van der Waals surface area contributed by atoms with Gasteiger partial charge in [0.05, 0.1) is 0 Å². The van der Waals surface area contributed by atoms with Crippen LogP contribution in [0.3, 0.4) is 0 Å². The van der Waals surface area contributed by atoms with E-state index >= 15 is 0 Å². The second-order valence-electron chi connectivity index (χ2n) is 4.94. The molecule has 1 aliphatic rings. The molecule has 0 spiro atoms.